The Kier molecular flexibility index (Phi) is 8.98. The Labute approximate surface area is 179 Å². The molecule has 0 aromatic heterocycles. The van der Waals surface area contributed by atoms with Crippen LogP contribution in [-0.4, -0.2) is 63.4 Å². The number of hydroxylamine groups is 2. The molecule has 0 saturated carbocycles. The zero-order chi connectivity index (χ0) is 22.9. The van der Waals surface area contributed by atoms with Gasteiger partial charge in [-0.2, -0.15) is 0 Å². The number of nitrogens with one attached hydrogen (secondary N) is 1. The van der Waals surface area contributed by atoms with Crippen LogP contribution in [0, 0.1) is 0 Å². The second kappa shape index (κ2) is 11.4. The maximum absolute atomic E-state index is 11.9. The quantitative estimate of drug-likeness (QED) is 0.272. The van der Waals surface area contributed by atoms with Crippen LogP contribution >= 0.6 is 0 Å². The third kappa shape index (κ3) is 7.67. The zero-order valence-electron chi connectivity index (χ0n) is 17.2. The number of alkyl carbamates (subject to hydrolysis) is 1. The van der Waals surface area contributed by atoms with Crippen molar-refractivity contribution in [2.45, 2.75) is 75.9 Å². The van der Waals surface area contributed by atoms with Gasteiger partial charge in [0.15, 0.2) is 5.60 Å². The van der Waals surface area contributed by atoms with Crippen molar-refractivity contribution in [1.82, 2.24) is 10.4 Å². The lowest BCUT2D eigenvalue weighted by Gasteiger charge is -2.26. The van der Waals surface area contributed by atoms with Gasteiger partial charge in [-0.1, -0.05) is 12.5 Å². The fraction of sp³-hybridized carbons (Fsp3) is 0.650. The van der Waals surface area contributed by atoms with Crippen molar-refractivity contribution in [3.05, 3.63) is 12.2 Å². The molecule has 0 aromatic carbocycles. The highest BCUT2D eigenvalue weighted by molar-refractivity contribution is 6.01. The van der Waals surface area contributed by atoms with Crippen LogP contribution in [0.2, 0.25) is 0 Å². The van der Waals surface area contributed by atoms with Gasteiger partial charge in [-0.05, 0) is 44.6 Å². The average Bonchev–Trinajstić information content (AvgIpc) is 3.02. The third-order valence-corrected chi connectivity index (χ3v) is 5.10. The molecule has 1 saturated heterocycles. The van der Waals surface area contributed by atoms with Gasteiger partial charge in [-0.15, -0.1) is 5.06 Å². The van der Waals surface area contributed by atoms with E-state index in [1.165, 1.54) is 0 Å². The monoisotopic (exact) mass is 440 g/mol. The Balaban J connectivity index is 1.58. The molecule has 2 aliphatic rings. The lowest BCUT2D eigenvalue weighted by molar-refractivity contribution is -0.197. The number of hydrogen-bond acceptors (Lipinski definition) is 8. The van der Waals surface area contributed by atoms with Gasteiger partial charge < -0.3 is 25.1 Å². The van der Waals surface area contributed by atoms with Crippen LogP contribution in [0.5, 0.6) is 0 Å². The fourth-order valence-corrected chi connectivity index (χ4v) is 3.23. The van der Waals surface area contributed by atoms with Crippen LogP contribution in [0.3, 0.4) is 0 Å². The molecule has 1 aliphatic carbocycles. The first-order valence-electron chi connectivity index (χ1n) is 10.3. The van der Waals surface area contributed by atoms with Crippen LogP contribution in [0.15, 0.2) is 12.2 Å². The van der Waals surface area contributed by atoms with E-state index in [4.69, 9.17) is 14.7 Å². The molecule has 11 nitrogen and oxygen atoms in total. The van der Waals surface area contributed by atoms with Crippen LogP contribution in [0.1, 0.15) is 64.2 Å². The third-order valence-electron chi connectivity index (χ3n) is 5.10. The molecular weight excluding hydrogens is 412 g/mol. The van der Waals surface area contributed by atoms with E-state index in [9.17, 15) is 29.1 Å². The SMILES string of the molecule is O=C(CCCCCNC(=O)O[C@H]1/C=C/CC[C@@](O)(C(=O)O)CC1)ON1C(=O)CCC1=O. The van der Waals surface area contributed by atoms with Crippen molar-refractivity contribution in [1.29, 1.82) is 0 Å². The van der Waals surface area contributed by atoms with Gasteiger partial charge in [0, 0.05) is 25.8 Å². The molecule has 0 bridgehead atoms. The second-order valence-electron chi connectivity index (χ2n) is 7.57. The van der Waals surface area contributed by atoms with Crippen LogP contribution in [-0.2, 0) is 28.8 Å². The van der Waals surface area contributed by atoms with E-state index >= 15 is 0 Å². The minimum absolute atomic E-state index is 0.0185. The Hall–Kier alpha value is -2.95. The van der Waals surface area contributed by atoms with Gasteiger partial charge in [0.1, 0.15) is 6.10 Å². The maximum atomic E-state index is 11.9. The molecule has 172 valence electrons. The minimum atomic E-state index is -1.82. The normalized spacial score (nSPS) is 24.8. The van der Waals surface area contributed by atoms with Crippen molar-refractivity contribution >= 4 is 29.8 Å². The van der Waals surface area contributed by atoms with Crippen LogP contribution < -0.4 is 5.32 Å². The topological polar surface area (TPSA) is 160 Å². The molecule has 0 radical (unpaired) electrons. The number of hydrogen-bond donors (Lipinski definition) is 3. The first-order valence-corrected chi connectivity index (χ1v) is 10.3. The van der Waals surface area contributed by atoms with Gasteiger partial charge >= 0.3 is 18.0 Å². The van der Waals surface area contributed by atoms with Crippen molar-refractivity contribution in [2.75, 3.05) is 6.54 Å². The highest BCUT2D eigenvalue weighted by Crippen LogP contribution is 2.25. The Bertz CT molecular complexity index is 720. The van der Waals surface area contributed by atoms with Crippen LogP contribution in [0.25, 0.3) is 0 Å². The van der Waals surface area contributed by atoms with Gasteiger partial charge in [-0.3, -0.25) is 9.59 Å². The summed E-state index contributed by atoms with van der Waals surface area (Å²) in [5.74, 6) is -2.98. The highest BCUT2D eigenvalue weighted by atomic mass is 16.7. The van der Waals surface area contributed by atoms with Crippen LogP contribution in [0.4, 0.5) is 4.79 Å². The molecule has 2 atom stereocenters. The summed E-state index contributed by atoms with van der Waals surface area (Å²) in [6, 6.07) is 0. The first-order chi connectivity index (χ1) is 14.7. The van der Waals surface area contributed by atoms with E-state index in [0.29, 0.717) is 37.3 Å². The molecule has 0 unspecified atom stereocenters. The van der Waals surface area contributed by atoms with Crippen molar-refractivity contribution < 1.29 is 43.8 Å². The van der Waals surface area contributed by atoms with E-state index in [1.54, 1.807) is 12.2 Å². The van der Waals surface area contributed by atoms with Crippen molar-refractivity contribution in [3.63, 3.8) is 0 Å². The second-order valence-corrected chi connectivity index (χ2v) is 7.57. The minimum Gasteiger partial charge on any atom is -0.479 e. The summed E-state index contributed by atoms with van der Waals surface area (Å²) in [6.45, 7) is 0.312. The summed E-state index contributed by atoms with van der Waals surface area (Å²) in [7, 11) is 0. The molecule has 3 N–H and O–H groups in total. The number of ether oxygens (including phenoxy) is 1. The number of carbonyl (C=O) groups excluding carboxylic acids is 4. The molecule has 3 amide bonds. The summed E-state index contributed by atoms with van der Waals surface area (Å²) in [6.07, 6.45) is 4.51. The van der Waals surface area contributed by atoms with Crippen molar-refractivity contribution in [3.8, 4) is 0 Å². The van der Waals surface area contributed by atoms with Gasteiger partial charge in [0.2, 0.25) is 0 Å². The number of carboxylic acids is 1. The largest absolute Gasteiger partial charge is 0.479 e. The summed E-state index contributed by atoms with van der Waals surface area (Å²) in [5.41, 5.74) is -1.82. The van der Waals surface area contributed by atoms with Gasteiger partial charge in [0.05, 0.1) is 0 Å². The first kappa shape index (κ1) is 24.3. The number of unbranched alkanes of at least 4 members (excludes halogenated alkanes) is 2. The van der Waals surface area contributed by atoms with E-state index in [1.807, 2.05) is 0 Å². The molecule has 1 fully saturated rings. The Morgan fingerprint density at radius 2 is 1.84 bits per heavy atom. The zero-order valence-corrected chi connectivity index (χ0v) is 17.2. The molecular formula is C20H28N2O9. The summed E-state index contributed by atoms with van der Waals surface area (Å²) in [5, 5.41) is 22.4. The summed E-state index contributed by atoms with van der Waals surface area (Å²) in [4.78, 5) is 62.3. The maximum Gasteiger partial charge on any atom is 0.407 e. The number of carboxylic acid groups (broad SMARTS) is 1. The molecule has 1 aliphatic heterocycles. The molecule has 1 heterocycles. The number of rotatable bonds is 9. The number of nitrogens with zero attached hydrogens (tertiary/aromatic N) is 1. The summed E-state index contributed by atoms with van der Waals surface area (Å²) >= 11 is 0. The fourth-order valence-electron chi connectivity index (χ4n) is 3.23. The van der Waals surface area contributed by atoms with Gasteiger partial charge in [-0.25, -0.2) is 14.4 Å². The molecule has 0 spiro atoms. The average molecular weight is 440 g/mol. The number of carbonyl (C=O) groups is 5. The highest BCUT2D eigenvalue weighted by Gasteiger charge is 2.36. The standard InChI is InChI=1S/C20H28N2O9/c23-15-8-9-16(24)22(15)31-17(25)7-2-1-5-13-21-19(28)30-14-6-3-4-11-20(29,12-10-14)18(26)27/h3,6,14,29H,1-2,4-5,7-13H2,(H,21,28)(H,26,27)/b6-3+/t14-,20-/m0/s1. The lowest BCUT2D eigenvalue weighted by atomic mass is 9.89. The Morgan fingerprint density at radius 3 is 2.52 bits per heavy atom. The summed E-state index contributed by atoms with van der Waals surface area (Å²) < 4.78 is 5.25. The van der Waals surface area contributed by atoms with Crippen molar-refractivity contribution in [2.24, 2.45) is 0 Å². The van der Waals surface area contributed by atoms with E-state index < -0.39 is 41.6 Å². The molecule has 0 aromatic rings. The predicted octanol–water partition coefficient (Wildman–Crippen LogP) is 1.19. The molecule has 31 heavy (non-hydrogen) atoms. The smallest absolute Gasteiger partial charge is 0.407 e. The number of aliphatic carboxylic acids is 1. The number of aliphatic hydroxyl groups is 1. The predicted molar refractivity (Wildman–Crippen MR) is 104 cm³/mol. The number of imide groups is 1. The van der Waals surface area contributed by atoms with E-state index in [-0.39, 0.29) is 38.5 Å². The number of allylic oxidation sites excluding steroid dienone is 1. The van der Waals surface area contributed by atoms with E-state index in [2.05, 4.69) is 5.32 Å². The molecule has 2 rings (SSSR count). The Morgan fingerprint density at radius 1 is 1.13 bits per heavy atom. The number of amides is 3. The van der Waals surface area contributed by atoms with Gasteiger partial charge in [0.25, 0.3) is 11.8 Å². The lowest BCUT2D eigenvalue weighted by Crippen LogP contribution is -2.40. The molecule has 11 heteroatoms. The van der Waals surface area contributed by atoms with E-state index in [0.717, 1.165) is 0 Å².